The SMILES string of the molecule is CC(C)C(C(=O)Nc1ccc(N)cc1)N1CCCC(C(=O)O)C1. The average Bonchev–Trinajstić information content (AvgIpc) is 2.49. The third kappa shape index (κ3) is 4.45. The van der Waals surface area contributed by atoms with Crippen LogP contribution in [0.15, 0.2) is 24.3 Å². The van der Waals surface area contributed by atoms with Gasteiger partial charge in [-0.2, -0.15) is 0 Å². The summed E-state index contributed by atoms with van der Waals surface area (Å²) in [6.07, 6.45) is 1.48. The van der Waals surface area contributed by atoms with Crippen molar-refractivity contribution >= 4 is 23.3 Å². The minimum atomic E-state index is -0.781. The Bertz CT molecular complexity index is 557. The first-order chi connectivity index (χ1) is 10.9. The van der Waals surface area contributed by atoms with Crippen LogP contribution < -0.4 is 11.1 Å². The van der Waals surface area contributed by atoms with Gasteiger partial charge in [-0.3, -0.25) is 14.5 Å². The summed E-state index contributed by atoms with van der Waals surface area (Å²) >= 11 is 0. The molecule has 1 aliphatic heterocycles. The summed E-state index contributed by atoms with van der Waals surface area (Å²) in [5.41, 5.74) is 6.99. The van der Waals surface area contributed by atoms with E-state index < -0.39 is 11.9 Å². The highest BCUT2D eigenvalue weighted by atomic mass is 16.4. The molecule has 0 saturated carbocycles. The molecule has 1 amide bonds. The lowest BCUT2D eigenvalue weighted by Gasteiger charge is -2.38. The summed E-state index contributed by atoms with van der Waals surface area (Å²) in [5.74, 6) is -1.18. The van der Waals surface area contributed by atoms with E-state index in [1.54, 1.807) is 24.3 Å². The minimum Gasteiger partial charge on any atom is -0.481 e. The molecule has 0 spiro atoms. The second kappa shape index (κ2) is 7.46. The Hall–Kier alpha value is -2.08. The number of aliphatic carboxylic acids is 1. The monoisotopic (exact) mass is 319 g/mol. The highest BCUT2D eigenvalue weighted by Gasteiger charge is 2.34. The van der Waals surface area contributed by atoms with Gasteiger partial charge in [0.25, 0.3) is 0 Å². The fraction of sp³-hybridized carbons (Fsp3) is 0.529. The summed E-state index contributed by atoms with van der Waals surface area (Å²) in [4.78, 5) is 25.9. The molecule has 1 aliphatic rings. The Balaban J connectivity index is 2.09. The van der Waals surface area contributed by atoms with Gasteiger partial charge in [-0.25, -0.2) is 0 Å². The largest absolute Gasteiger partial charge is 0.481 e. The Morgan fingerprint density at radius 1 is 1.30 bits per heavy atom. The Labute approximate surface area is 136 Å². The van der Waals surface area contributed by atoms with Crippen molar-refractivity contribution in [1.29, 1.82) is 0 Å². The predicted molar refractivity (Wildman–Crippen MR) is 90.0 cm³/mol. The molecule has 0 bridgehead atoms. The number of hydrogen-bond acceptors (Lipinski definition) is 4. The lowest BCUT2D eigenvalue weighted by molar-refractivity contribution is -0.145. The molecular formula is C17H25N3O3. The van der Waals surface area contributed by atoms with E-state index in [9.17, 15) is 14.7 Å². The van der Waals surface area contributed by atoms with E-state index in [2.05, 4.69) is 5.32 Å². The molecule has 1 aromatic carbocycles. The van der Waals surface area contributed by atoms with Crippen molar-refractivity contribution in [2.45, 2.75) is 32.7 Å². The first-order valence-corrected chi connectivity index (χ1v) is 8.01. The van der Waals surface area contributed by atoms with Crippen LogP contribution in [0.3, 0.4) is 0 Å². The molecule has 2 atom stereocenters. The van der Waals surface area contributed by atoms with Crippen molar-refractivity contribution in [3.63, 3.8) is 0 Å². The number of likely N-dealkylation sites (tertiary alicyclic amines) is 1. The maximum absolute atomic E-state index is 12.7. The molecular weight excluding hydrogens is 294 g/mol. The fourth-order valence-corrected chi connectivity index (χ4v) is 3.13. The molecule has 0 radical (unpaired) electrons. The van der Waals surface area contributed by atoms with Crippen LogP contribution in [0.1, 0.15) is 26.7 Å². The first kappa shape index (κ1) is 17.3. The number of carbonyl (C=O) groups is 2. The van der Waals surface area contributed by atoms with Crippen LogP contribution in [0.25, 0.3) is 0 Å². The number of nitrogens with zero attached hydrogens (tertiary/aromatic N) is 1. The molecule has 6 heteroatoms. The third-order valence-corrected chi connectivity index (χ3v) is 4.27. The number of rotatable bonds is 5. The van der Waals surface area contributed by atoms with Crippen LogP contribution in [-0.4, -0.2) is 41.0 Å². The standard InChI is InChI=1S/C17H25N3O3/c1-11(2)15(20-9-3-4-12(10-20)17(22)23)16(21)19-14-7-5-13(18)6-8-14/h5-8,11-12,15H,3-4,9-10,18H2,1-2H3,(H,19,21)(H,22,23). The summed E-state index contributed by atoms with van der Waals surface area (Å²) in [6, 6.07) is 6.67. The van der Waals surface area contributed by atoms with Gasteiger partial charge in [0, 0.05) is 17.9 Å². The van der Waals surface area contributed by atoms with Crippen LogP contribution in [0, 0.1) is 11.8 Å². The van der Waals surface area contributed by atoms with E-state index in [-0.39, 0.29) is 17.9 Å². The Morgan fingerprint density at radius 2 is 1.96 bits per heavy atom. The lowest BCUT2D eigenvalue weighted by atomic mass is 9.93. The number of nitrogens with two attached hydrogens (primary N) is 1. The van der Waals surface area contributed by atoms with Gasteiger partial charge >= 0.3 is 5.97 Å². The van der Waals surface area contributed by atoms with Gasteiger partial charge in [0.1, 0.15) is 0 Å². The minimum absolute atomic E-state index is 0.0938. The average molecular weight is 319 g/mol. The molecule has 1 fully saturated rings. The van der Waals surface area contributed by atoms with E-state index in [1.807, 2.05) is 18.7 Å². The van der Waals surface area contributed by atoms with Crippen LogP contribution >= 0.6 is 0 Å². The van der Waals surface area contributed by atoms with Crippen molar-refractivity contribution in [3.05, 3.63) is 24.3 Å². The Morgan fingerprint density at radius 3 is 2.52 bits per heavy atom. The van der Waals surface area contributed by atoms with Crippen molar-refractivity contribution in [3.8, 4) is 0 Å². The number of hydrogen-bond donors (Lipinski definition) is 3. The molecule has 2 unspecified atom stereocenters. The second-order valence-corrected chi connectivity index (χ2v) is 6.47. The predicted octanol–water partition coefficient (Wildman–Crippen LogP) is 2.03. The topological polar surface area (TPSA) is 95.7 Å². The zero-order chi connectivity index (χ0) is 17.0. The summed E-state index contributed by atoms with van der Waals surface area (Å²) in [6.45, 7) is 5.14. The number of carboxylic acid groups (broad SMARTS) is 1. The molecule has 1 saturated heterocycles. The zero-order valence-corrected chi connectivity index (χ0v) is 13.7. The van der Waals surface area contributed by atoms with Crippen molar-refractivity contribution < 1.29 is 14.7 Å². The number of nitrogen functional groups attached to an aromatic ring is 1. The van der Waals surface area contributed by atoms with Crippen molar-refractivity contribution in [1.82, 2.24) is 4.90 Å². The van der Waals surface area contributed by atoms with Gasteiger partial charge in [0.15, 0.2) is 0 Å². The number of benzene rings is 1. The van der Waals surface area contributed by atoms with E-state index in [4.69, 9.17) is 5.73 Å². The second-order valence-electron chi connectivity index (χ2n) is 6.47. The highest BCUT2D eigenvalue weighted by molar-refractivity contribution is 5.95. The van der Waals surface area contributed by atoms with Gasteiger partial charge in [0.05, 0.1) is 12.0 Å². The van der Waals surface area contributed by atoms with Gasteiger partial charge in [0.2, 0.25) is 5.91 Å². The van der Waals surface area contributed by atoms with E-state index >= 15 is 0 Å². The number of anilines is 2. The van der Waals surface area contributed by atoms with E-state index in [1.165, 1.54) is 0 Å². The lowest BCUT2D eigenvalue weighted by Crippen LogP contribution is -2.52. The van der Waals surface area contributed by atoms with Crippen LogP contribution in [0.4, 0.5) is 11.4 Å². The van der Waals surface area contributed by atoms with Gasteiger partial charge in [-0.05, 0) is 49.6 Å². The molecule has 4 N–H and O–H groups in total. The number of piperidine rings is 1. The number of carboxylic acids is 1. The maximum atomic E-state index is 12.7. The summed E-state index contributed by atoms with van der Waals surface area (Å²) in [5, 5.41) is 12.1. The van der Waals surface area contributed by atoms with Gasteiger partial charge < -0.3 is 16.2 Å². The quantitative estimate of drug-likeness (QED) is 0.722. The van der Waals surface area contributed by atoms with Crippen LogP contribution in [-0.2, 0) is 9.59 Å². The zero-order valence-electron chi connectivity index (χ0n) is 13.7. The van der Waals surface area contributed by atoms with Gasteiger partial charge in [-0.15, -0.1) is 0 Å². The van der Waals surface area contributed by atoms with E-state index in [0.717, 1.165) is 13.0 Å². The van der Waals surface area contributed by atoms with Crippen LogP contribution in [0.2, 0.25) is 0 Å². The normalized spacial score (nSPS) is 20.2. The molecule has 23 heavy (non-hydrogen) atoms. The molecule has 126 valence electrons. The molecule has 1 aromatic rings. The molecule has 0 aliphatic carbocycles. The maximum Gasteiger partial charge on any atom is 0.307 e. The number of nitrogens with one attached hydrogen (secondary N) is 1. The van der Waals surface area contributed by atoms with Crippen LogP contribution in [0.5, 0.6) is 0 Å². The number of carbonyl (C=O) groups excluding carboxylic acids is 1. The summed E-state index contributed by atoms with van der Waals surface area (Å²) < 4.78 is 0. The molecule has 1 heterocycles. The van der Waals surface area contributed by atoms with Crippen molar-refractivity contribution in [2.75, 3.05) is 24.1 Å². The summed E-state index contributed by atoms with van der Waals surface area (Å²) in [7, 11) is 0. The molecule has 2 rings (SSSR count). The number of amides is 1. The molecule has 0 aromatic heterocycles. The van der Waals surface area contributed by atoms with Gasteiger partial charge in [-0.1, -0.05) is 13.8 Å². The van der Waals surface area contributed by atoms with E-state index in [0.29, 0.717) is 24.3 Å². The smallest absolute Gasteiger partial charge is 0.307 e. The Kier molecular flexibility index (Phi) is 5.60. The fourth-order valence-electron chi connectivity index (χ4n) is 3.13. The molecule has 6 nitrogen and oxygen atoms in total. The van der Waals surface area contributed by atoms with Crippen molar-refractivity contribution in [2.24, 2.45) is 11.8 Å². The first-order valence-electron chi connectivity index (χ1n) is 8.01. The third-order valence-electron chi connectivity index (χ3n) is 4.27. The highest BCUT2D eigenvalue weighted by Crippen LogP contribution is 2.23.